The number of para-hydroxylation sites is 1. The number of ketones is 1. The van der Waals surface area contributed by atoms with E-state index in [2.05, 4.69) is 4.98 Å². The molecule has 0 radical (unpaired) electrons. The summed E-state index contributed by atoms with van der Waals surface area (Å²) in [5.41, 5.74) is 4.50. The van der Waals surface area contributed by atoms with Gasteiger partial charge in [0.25, 0.3) is 0 Å². The fourth-order valence-corrected chi connectivity index (χ4v) is 5.33. The van der Waals surface area contributed by atoms with Crippen molar-refractivity contribution in [1.29, 1.82) is 0 Å². The van der Waals surface area contributed by atoms with Gasteiger partial charge < -0.3 is 4.74 Å². The van der Waals surface area contributed by atoms with Crippen molar-refractivity contribution in [3.8, 4) is 0 Å². The summed E-state index contributed by atoms with van der Waals surface area (Å²) in [5, 5.41) is 0.694. The van der Waals surface area contributed by atoms with E-state index in [1.54, 1.807) is 18.2 Å². The summed E-state index contributed by atoms with van der Waals surface area (Å²) in [6.45, 7) is 3.85. The number of hydrogen-bond donors (Lipinski definition) is 0. The van der Waals surface area contributed by atoms with E-state index in [4.69, 9.17) is 4.74 Å². The zero-order chi connectivity index (χ0) is 23.8. The van der Waals surface area contributed by atoms with Gasteiger partial charge in [0.2, 0.25) is 10.0 Å². The van der Waals surface area contributed by atoms with Crippen LogP contribution in [0, 0.1) is 6.92 Å². The van der Waals surface area contributed by atoms with Gasteiger partial charge in [0.15, 0.2) is 12.4 Å². The summed E-state index contributed by atoms with van der Waals surface area (Å²) in [4.78, 5) is 30.4. The average Bonchev–Trinajstić information content (AvgIpc) is 2.80. The van der Waals surface area contributed by atoms with Crippen molar-refractivity contribution in [2.24, 2.45) is 0 Å². The number of aryl methyl sites for hydroxylation is 2. The minimum absolute atomic E-state index is 0.339. The highest BCUT2D eigenvalue weighted by Crippen LogP contribution is 2.30. The number of nitrogens with zero attached hydrogens (tertiary/aromatic N) is 2. The van der Waals surface area contributed by atoms with Crippen LogP contribution in [0.5, 0.6) is 0 Å². The number of pyridine rings is 1. The predicted molar refractivity (Wildman–Crippen MR) is 127 cm³/mol. The Balaban J connectivity index is 1.56. The Morgan fingerprint density at radius 1 is 1.15 bits per heavy atom. The van der Waals surface area contributed by atoms with Gasteiger partial charge in [-0.15, -0.1) is 0 Å². The lowest BCUT2D eigenvalue weighted by Gasteiger charge is -2.29. The molecule has 0 spiro atoms. The number of esters is 1. The van der Waals surface area contributed by atoms with Gasteiger partial charge in [-0.1, -0.05) is 25.1 Å². The van der Waals surface area contributed by atoms with Crippen molar-refractivity contribution >= 4 is 38.4 Å². The molecular formula is C25H26N2O5S. The monoisotopic (exact) mass is 466 g/mol. The number of fused-ring (bicyclic) bond motifs is 2. The standard InChI is InChI=1S/C25H26N2O5S/c1-4-20-16(2)24(19-9-5-6-10-21(19)26-20)25(29)32-15-23(28)18-11-12-22-17(14-18)8-7-13-27(22)33(3,30)31/h5-6,9-12,14H,4,7-8,13,15H2,1-3H3. The van der Waals surface area contributed by atoms with E-state index in [0.717, 1.165) is 16.8 Å². The van der Waals surface area contributed by atoms with Gasteiger partial charge in [-0.3, -0.25) is 14.1 Å². The predicted octanol–water partition coefficient (Wildman–Crippen LogP) is 3.86. The highest BCUT2D eigenvalue weighted by molar-refractivity contribution is 7.92. The van der Waals surface area contributed by atoms with Crippen LogP contribution in [-0.2, 0) is 27.6 Å². The Kier molecular flexibility index (Phi) is 6.21. The molecule has 2 aromatic carbocycles. The number of rotatable bonds is 6. The third-order valence-electron chi connectivity index (χ3n) is 5.99. The van der Waals surface area contributed by atoms with Crippen LogP contribution in [0.2, 0.25) is 0 Å². The zero-order valence-electron chi connectivity index (χ0n) is 18.9. The lowest BCUT2D eigenvalue weighted by Crippen LogP contribution is -2.34. The Morgan fingerprint density at radius 3 is 2.64 bits per heavy atom. The van der Waals surface area contributed by atoms with Crippen LogP contribution in [-0.4, -0.2) is 44.6 Å². The van der Waals surface area contributed by atoms with E-state index < -0.39 is 22.6 Å². The van der Waals surface area contributed by atoms with Crippen LogP contribution < -0.4 is 4.31 Å². The van der Waals surface area contributed by atoms with Crippen molar-refractivity contribution in [2.45, 2.75) is 33.1 Å². The molecule has 2 heterocycles. The topological polar surface area (TPSA) is 93.6 Å². The van der Waals surface area contributed by atoms with Crippen LogP contribution in [0.15, 0.2) is 42.5 Å². The fourth-order valence-electron chi connectivity index (χ4n) is 4.33. The lowest BCUT2D eigenvalue weighted by molar-refractivity contribution is 0.0476. The maximum atomic E-state index is 13.0. The molecule has 3 aromatic rings. The first kappa shape index (κ1) is 22.9. The Bertz CT molecular complexity index is 1360. The van der Waals surface area contributed by atoms with Crippen LogP contribution in [0.1, 0.15) is 50.9 Å². The normalized spacial score (nSPS) is 13.6. The highest BCUT2D eigenvalue weighted by Gasteiger charge is 2.25. The first-order valence-electron chi connectivity index (χ1n) is 10.9. The Morgan fingerprint density at radius 2 is 1.91 bits per heavy atom. The molecule has 0 amide bonds. The van der Waals surface area contributed by atoms with Gasteiger partial charge in [0, 0.05) is 23.2 Å². The summed E-state index contributed by atoms with van der Waals surface area (Å²) >= 11 is 0. The number of anilines is 1. The molecule has 0 atom stereocenters. The molecular weight excluding hydrogens is 440 g/mol. The van der Waals surface area contributed by atoms with Crippen molar-refractivity contribution in [3.05, 3.63) is 70.4 Å². The quantitative estimate of drug-likeness (QED) is 0.405. The SMILES string of the molecule is CCc1nc2ccccc2c(C(=O)OCC(=O)c2ccc3c(c2)CCCN3S(C)(=O)=O)c1C. The molecule has 172 valence electrons. The smallest absolute Gasteiger partial charge is 0.339 e. The van der Waals surface area contributed by atoms with E-state index in [9.17, 15) is 18.0 Å². The van der Waals surface area contributed by atoms with Crippen molar-refractivity contribution in [2.75, 3.05) is 23.7 Å². The maximum absolute atomic E-state index is 13.0. The van der Waals surface area contributed by atoms with E-state index in [1.165, 1.54) is 10.6 Å². The summed E-state index contributed by atoms with van der Waals surface area (Å²) < 4.78 is 30.9. The first-order valence-corrected chi connectivity index (χ1v) is 12.7. The number of hydrogen-bond acceptors (Lipinski definition) is 6. The molecule has 8 heteroatoms. The lowest BCUT2D eigenvalue weighted by atomic mass is 9.99. The van der Waals surface area contributed by atoms with Gasteiger partial charge in [-0.2, -0.15) is 0 Å². The molecule has 0 bridgehead atoms. The number of ether oxygens (including phenoxy) is 1. The molecule has 0 N–H and O–H groups in total. The summed E-state index contributed by atoms with van der Waals surface area (Å²) in [6.07, 6.45) is 3.22. The zero-order valence-corrected chi connectivity index (χ0v) is 19.7. The second kappa shape index (κ2) is 8.94. The van der Waals surface area contributed by atoms with Crippen LogP contribution in [0.25, 0.3) is 10.9 Å². The molecule has 1 aromatic heterocycles. The van der Waals surface area contributed by atoms with Crippen molar-refractivity contribution in [3.63, 3.8) is 0 Å². The van der Waals surface area contributed by atoms with Crippen LogP contribution in [0.4, 0.5) is 5.69 Å². The minimum atomic E-state index is -3.38. The molecule has 1 aliphatic heterocycles. The van der Waals surface area contributed by atoms with Crippen LogP contribution >= 0.6 is 0 Å². The highest BCUT2D eigenvalue weighted by atomic mass is 32.2. The summed E-state index contributed by atoms with van der Waals surface area (Å²) in [6, 6.07) is 12.3. The molecule has 0 saturated carbocycles. The third-order valence-corrected chi connectivity index (χ3v) is 7.17. The molecule has 0 fully saturated rings. The van der Waals surface area contributed by atoms with E-state index in [0.29, 0.717) is 53.5 Å². The van der Waals surface area contributed by atoms with Gasteiger partial charge in [-0.25, -0.2) is 13.2 Å². The largest absolute Gasteiger partial charge is 0.454 e. The van der Waals surface area contributed by atoms with Gasteiger partial charge in [0.05, 0.1) is 23.0 Å². The minimum Gasteiger partial charge on any atom is -0.454 e. The summed E-state index contributed by atoms with van der Waals surface area (Å²) in [7, 11) is -3.38. The number of carbonyl (C=O) groups excluding carboxylic acids is 2. The van der Waals surface area contributed by atoms with E-state index in [1.807, 2.05) is 38.1 Å². The molecule has 1 aliphatic rings. The summed E-state index contributed by atoms with van der Waals surface area (Å²) in [5.74, 6) is -0.898. The Labute approximate surface area is 193 Å². The Hall–Kier alpha value is -3.26. The van der Waals surface area contributed by atoms with Gasteiger partial charge in [-0.05, 0) is 61.6 Å². The van der Waals surface area contributed by atoms with Crippen molar-refractivity contribution < 1.29 is 22.7 Å². The first-order chi connectivity index (χ1) is 15.7. The van der Waals surface area contributed by atoms with E-state index in [-0.39, 0.29) is 5.78 Å². The molecule has 0 saturated heterocycles. The van der Waals surface area contributed by atoms with Crippen molar-refractivity contribution in [1.82, 2.24) is 4.98 Å². The molecule has 0 aliphatic carbocycles. The maximum Gasteiger partial charge on any atom is 0.339 e. The fraction of sp³-hybridized carbons (Fsp3) is 0.320. The van der Waals surface area contributed by atoms with E-state index >= 15 is 0 Å². The second-order valence-corrected chi connectivity index (χ2v) is 10.1. The molecule has 33 heavy (non-hydrogen) atoms. The number of aromatic nitrogens is 1. The van der Waals surface area contributed by atoms with Gasteiger partial charge in [0.1, 0.15) is 0 Å². The molecule has 4 rings (SSSR count). The average molecular weight is 467 g/mol. The van der Waals surface area contributed by atoms with Gasteiger partial charge >= 0.3 is 5.97 Å². The van der Waals surface area contributed by atoms with Crippen LogP contribution in [0.3, 0.4) is 0 Å². The number of Topliss-reactive ketones (excluding diaryl/α,β-unsaturated/α-hetero) is 1. The number of carbonyl (C=O) groups is 2. The second-order valence-electron chi connectivity index (χ2n) is 8.21. The molecule has 0 unspecified atom stereocenters. The third kappa shape index (κ3) is 4.48. The molecule has 7 nitrogen and oxygen atoms in total. The number of sulfonamides is 1. The number of benzene rings is 2.